The van der Waals surface area contributed by atoms with E-state index in [4.69, 9.17) is 4.74 Å². The molecule has 0 aliphatic carbocycles. The molecule has 3 heteroatoms. The molecule has 0 saturated heterocycles. The van der Waals surface area contributed by atoms with Crippen LogP contribution in [0.3, 0.4) is 0 Å². The SMILES string of the molecule is COc1ccc(C)cc1-c1cc(O)cc(F)c1. The van der Waals surface area contributed by atoms with Crippen molar-refractivity contribution in [2.24, 2.45) is 0 Å². The third-order valence-electron chi connectivity index (χ3n) is 2.55. The summed E-state index contributed by atoms with van der Waals surface area (Å²) in [4.78, 5) is 0. The second-order valence-electron chi connectivity index (χ2n) is 3.90. The summed E-state index contributed by atoms with van der Waals surface area (Å²) in [5.41, 5.74) is 2.41. The molecule has 2 nitrogen and oxygen atoms in total. The third-order valence-corrected chi connectivity index (χ3v) is 2.55. The smallest absolute Gasteiger partial charge is 0.127 e. The molecule has 0 spiro atoms. The molecule has 0 radical (unpaired) electrons. The van der Waals surface area contributed by atoms with Crippen molar-refractivity contribution in [1.82, 2.24) is 0 Å². The number of phenolic OH excluding ortho intramolecular Hbond substituents is 1. The summed E-state index contributed by atoms with van der Waals surface area (Å²) >= 11 is 0. The van der Waals surface area contributed by atoms with Crippen molar-refractivity contribution in [3.63, 3.8) is 0 Å². The molecule has 0 amide bonds. The normalized spacial score (nSPS) is 10.3. The first-order valence-corrected chi connectivity index (χ1v) is 5.25. The molecule has 2 rings (SSSR count). The lowest BCUT2D eigenvalue weighted by molar-refractivity contribution is 0.416. The number of hydrogen-bond donors (Lipinski definition) is 1. The van der Waals surface area contributed by atoms with Gasteiger partial charge in [0.05, 0.1) is 7.11 Å². The molecule has 17 heavy (non-hydrogen) atoms. The summed E-state index contributed by atoms with van der Waals surface area (Å²) < 4.78 is 18.5. The van der Waals surface area contributed by atoms with Gasteiger partial charge in [0.2, 0.25) is 0 Å². The fourth-order valence-corrected chi connectivity index (χ4v) is 1.78. The number of benzene rings is 2. The predicted octanol–water partition coefficient (Wildman–Crippen LogP) is 3.52. The van der Waals surface area contributed by atoms with Gasteiger partial charge in [-0.1, -0.05) is 11.6 Å². The van der Waals surface area contributed by atoms with E-state index >= 15 is 0 Å². The van der Waals surface area contributed by atoms with E-state index in [0.29, 0.717) is 11.3 Å². The Labute approximate surface area is 99.3 Å². The van der Waals surface area contributed by atoms with Crippen molar-refractivity contribution in [3.05, 3.63) is 47.8 Å². The van der Waals surface area contributed by atoms with Gasteiger partial charge < -0.3 is 9.84 Å². The van der Waals surface area contributed by atoms with Crippen LogP contribution in [0.5, 0.6) is 11.5 Å². The third kappa shape index (κ3) is 2.38. The number of hydrogen-bond acceptors (Lipinski definition) is 2. The van der Waals surface area contributed by atoms with Crippen molar-refractivity contribution in [2.45, 2.75) is 6.92 Å². The Bertz CT molecular complexity index is 530. The second kappa shape index (κ2) is 4.45. The van der Waals surface area contributed by atoms with Crippen molar-refractivity contribution < 1.29 is 14.2 Å². The predicted molar refractivity (Wildman–Crippen MR) is 64.8 cm³/mol. The summed E-state index contributed by atoms with van der Waals surface area (Å²) in [7, 11) is 1.56. The molecule has 0 unspecified atom stereocenters. The van der Waals surface area contributed by atoms with Crippen molar-refractivity contribution in [1.29, 1.82) is 0 Å². The molecule has 0 atom stereocenters. The number of methoxy groups -OCH3 is 1. The van der Waals surface area contributed by atoms with Crippen LogP contribution in [0.1, 0.15) is 5.56 Å². The first-order chi connectivity index (χ1) is 8.10. The van der Waals surface area contributed by atoms with E-state index in [9.17, 15) is 9.50 Å². The summed E-state index contributed by atoms with van der Waals surface area (Å²) in [5, 5.41) is 9.41. The van der Waals surface area contributed by atoms with Crippen molar-refractivity contribution in [3.8, 4) is 22.6 Å². The number of ether oxygens (including phenoxy) is 1. The summed E-state index contributed by atoms with van der Waals surface area (Å²) in [6.07, 6.45) is 0. The minimum absolute atomic E-state index is 0.0939. The molecule has 2 aromatic carbocycles. The van der Waals surface area contributed by atoms with E-state index in [-0.39, 0.29) is 5.75 Å². The molecule has 0 aliphatic rings. The van der Waals surface area contributed by atoms with Gasteiger partial charge in [0.15, 0.2) is 0 Å². The van der Waals surface area contributed by atoms with E-state index in [1.165, 1.54) is 12.1 Å². The van der Waals surface area contributed by atoms with E-state index in [1.807, 2.05) is 25.1 Å². The Kier molecular flexibility index (Phi) is 3.00. The maximum atomic E-state index is 13.2. The topological polar surface area (TPSA) is 29.5 Å². The zero-order valence-corrected chi connectivity index (χ0v) is 9.70. The average molecular weight is 232 g/mol. The van der Waals surface area contributed by atoms with E-state index < -0.39 is 5.82 Å². The average Bonchev–Trinajstić information content (AvgIpc) is 2.27. The highest BCUT2D eigenvalue weighted by atomic mass is 19.1. The Hall–Kier alpha value is -2.03. The largest absolute Gasteiger partial charge is 0.508 e. The molecule has 0 aromatic heterocycles. The van der Waals surface area contributed by atoms with E-state index in [0.717, 1.165) is 17.2 Å². The highest BCUT2D eigenvalue weighted by molar-refractivity contribution is 5.72. The van der Waals surface area contributed by atoms with Gasteiger partial charge in [-0.15, -0.1) is 0 Å². The summed E-state index contributed by atoms with van der Waals surface area (Å²) in [6.45, 7) is 1.95. The Morgan fingerprint density at radius 2 is 1.88 bits per heavy atom. The van der Waals surface area contributed by atoms with Gasteiger partial charge in [-0.25, -0.2) is 4.39 Å². The minimum atomic E-state index is -0.469. The Morgan fingerprint density at radius 1 is 1.12 bits per heavy atom. The van der Waals surface area contributed by atoms with Crippen molar-refractivity contribution >= 4 is 0 Å². The lowest BCUT2D eigenvalue weighted by atomic mass is 10.0. The molecule has 0 saturated carbocycles. The van der Waals surface area contributed by atoms with Crippen LogP contribution in [0.25, 0.3) is 11.1 Å². The zero-order chi connectivity index (χ0) is 12.4. The maximum absolute atomic E-state index is 13.2. The van der Waals surface area contributed by atoms with E-state index in [2.05, 4.69) is 0 Å². The number of phenols is 1. The highest BCUT2D eigenvalue weighted by Gasteiger charge is 2.08. The quantitative estimate of drug-likeness (QED) is 0.858. The fraction of sp³-hybridized carbons (Fsp3) is 0.143. The number of aryl methyl sites for hydroxylation is 1. The van der Waals surface area contributed by atoms with Crippen LogP contribution in [0, 0.1) is 12.7 Å². The Balaban J connectivity index is 2.62. The van der Waals surface area contributed by atoms with Crippen LogP contribution in [0.2, 0.25) is 0 Å². The second-order valence-corrected chi connectivity index (χ2v) is 3.90. The molecule has 1 N–H and O–H groups in total. The van der Waals surface area contributed by atoms with Crippen LogP contribution in [0.4, 0.5) is 4.39 Å². The maximum Gasteiger partial charge on any atom is 0.127 e. The molecule has 0 bridgehead atoms. The zero-order valence-electron chi connectivity index (χ0n) is 9.70. The van der Waals surface area contributed by atoms with Crippen LogP contribution in [0.15, 0.2) is 36.4 Å². The molecule has 2 aromatic rings. The first-order valence-electron chi connectivity index (χ1n) is 5.25. The standard InChI is InChI=1S/C14H13FO2/c1-9-3-4-14(17-2)13(5-9)10-6-11(15)8-12(16)7-10/h3-8,16H,1-2H3. The van der Waals surface area contributed by atoms with Gasteiger partial charge in [0.1, 0.15) is 17.3 Å². The first kappa shape index (κ1) is 11.5. The van der Waals surface area contributed by atoms with Crippen LogP contribution in [-0.4, -0.2) is 12.2 Å². The number of aromatic hydroxyl groups is 1. The molecular formula is C14H13FO2. The number of rotatable bonds is 2. The summed E-state index contributed by atoms with van der Waals surface area (Å²) in [5.74, 6) is 0.0905. The van der Waals surface area contributed by atoms with Gasteiger partial charge in [-0.05, 0) is 36.8 Å². The molecule has 0 aliphatic heterocycles. The monoisotopic (exact) mass is 232 g/mol. The van der Waals surface area contributed by atoms with Crippen LogP contribution in [-0.2, 0) is 0 Å². The Morgan fingerprint density at radius 3 is 2.53 bits per heavy atom. The summed E-state index contributed by atoms with van der Waals surface area (Å²) in [6, 6.07) is 9.60. The number of halogens is 1. The lowest BCUT2D eigenvalue weighted by Gasteiger charge is -2.10. The highest BCUT2D eigenvalue weighted by Crippen LogP contribution is 2.33. The lowest BCUT2D eigenvalue weighted by Crippen LogP contribution is -1.89. The molecular weight excluding hydrogens is 219 g/mol. The van der Waals surface area contributed by atoms with Gasteiger partial charge in [-0.3, -0.25) is 0 Å². The van der Waals surface area contributed by atoms with Crippen LogP contribution < -0.4 is 4.74 Å². The molecule has 0 heterocycles. The van der Waals surface area contributed by atoms with Crippen LogP contribution >= 0.6 is 0 Å². The van der Waals surface area contributed by atoms with E-state index in [1.54, 1.807) is 7.11 Å². The van der Waals surface area contributed by atoms with Gasteiger partial charge >= 0.3 is 0 Å². The van der Waals surface area contributed by atoms with Crippen molar-refractivity contribution in [2.75, 3.05) is 7.11 Å². The molecule has 88 valence electrons. The van der Waals surface area contributed by atoms with Gasteiger partial charge in [0.25, 0.3) is 0 Å². The van der Waals surface area contributed by atoms with Gasteiger partial charge in [-0.2, -0.15) is 0 Å². The fourth-order valence-electron chi connectivity index (χ4n) is 1.78. The van der Waals surface area contributed by atoms with Gasteiger partial charge in [0, 0.05) is 11.6 Å². The minimum Gasteiger partial charge on any atom is -0.508 e. The molecule has 0 fully saturated rings.